The van der Waals surface area contributed by atoms with Crippen molar-refractivity contribution in [3.05, 3.63) is 64.7 Å². The molecule has 0 spiro atoms. The van der Waals surface area contributed by atoms with Gasteiger partial charge in [-0.1, -0.05) is 36.6 Å². The fourth-order valence-electron chi connectivity index (χ4n) is 8.17. The fourth-order valence-corrected chi connectivity index (χ4v) is 10.9. The van der Waals surface area contributed by atoms with Crippen LogP contribution in [-0.2, 0) is 52.3 Å². The van der Waals surface area contributed by atoms with Crippen molar-refractivity contribution in [2.45, 2.75) is 106 Å². The molecule has 4 aliphatic heterocycles. The Labute approximate surface area is 330 Å². The predicted octanol–water partition coefficient (Wildman–Crippen LogP) is 3.93. The van der Waals surface area contributed by atoms with Gasteiger partial charge in [0.1, 0.15) is 12.1 Å². The summed E-state index contributed by atoms with van der Waals surface area (Å²) in [4.78, 5) is 59.0. The van der Waals surface area contributed by atoms with Crippen molar-refractivity contribution in [2.24, 2.45) is 11.3 Å². The summed E-state index contributed by atoms with van der Waals surface area (Å²) in [5.41, 5.74) is 0.391. The van der Waals surface area contributed by atoms with Crippen LogP contribution < -0.4 is 18.9 Å². The summed E-state index contributed by atoms with van der Waals surface area (Å²) in [6.07, 6.45) is 5.53. The molecule has 0 unspecified atom stereocenters. The van der Waals surface area contributed by atoms with Crippen LogP contribution in [0.15, 0.2) is 53.4 Å². The SMILES string of the molecule is O=C1C[C@]2(C(=O)NS(=O)(=O)C3CC3)C[C@H]2/C=C\CCCCC[C@H](NS(=O)(=O)c2ccc(Cl)cc2)C(=O)N2C[C@H](OC(=O)N3Cc4cc5c(cc4C3)OCO5)C[C@@H]12. The number of ether oxygens (including phenoxy) is 3. The van der Waals surface area contributed by atoms with Crippen LogP contribution >= 0.6 is 11.6 Å². The van der Waals surface area contributed by atoms with Crippen molar-refractivity contribution in [3.63, 3.8) is 0 Å². The Bertz CT molecular complexity index is 2160. The summed E-state index contributed by atoms with van der Waals surface area (Å²) in [6, 6.07) is 6.70. The molecule has 0 aromatic heterocycles. The minimum Gasteiger partial charge on any atom is -0.454 e. The zero-order chi connectivity index (χ0) is 39.4. The van der Waals surface area contributed by atoms with E-state index in [2.05, 4.69) is 9.44 Å². The second-order valence-corrected chi connectivity index (χ2v) is 19.7. The van der Waals surface area contributed by atoms with E-state index in [1.807, 2.05) is 24.3 Å². The van der Waals surface area contributed by atoms with Gasteiger partial charge in [0.15, 0.2) is 17.3 Å². The summed E-state index contributed by atoms with van der Waals surface area (Å²) < 4.78 is 74.6. The average Bonchev–Trinajstić information content (AvgIpc) is 3.97. The molecule has 3 amide bonds. The summed E-state index contributed by atoms with van der Waals surface area (Å²) >= 11 is 6.00. The van der Waals surface area contributed by atoms with Crippen molar-refractivity contribution < 1.29 is 50.2 Å². The third-order valence-electron chi connectivity index (χ3n) is 11.6. The minimum absolute atomic E-state index is 0.0949. The van der Waals surface area contributed by atoms with Gasteiger partial charge in [-0.25, -0.2) is 21.6 Å². The zero-order valence-corrected chi connectivity index (χ0v) is 32.9. The van der Waals surface area contributed by atoms with E-state index in [1.165, 1.54) is 34.1 Å². The lowest BCUT2D eigenvalue weighted by Crippen LogP contribution is -2.52. The molecule has 4 heterocycles. The highest BCUT2D eigenvalue weighted by Gasteiger charge is 2.61. The highest BCUT2D eigenvalue weighted by atomic mass is 35.5. The Morgan fingerprint density at radius 2 is 1.62 bits per heavy atom. The first-order valence-electron chi connectivity index (χ1n) is 18.9. The van der Waals surface area contributed by atoms with Crippen LogP contribution in [0.3, 0.4) is 0 Å². The lowest BCUT2D eigenvalue weighted by Gasteiger charge is -2.29. The number of fused-ring (bicyclic) bond motifs is 4. The van der Waals surface area contributed by atoms with E-state index in [0.717, 1.165) is 17.5 Å². The van der Waals surface area contributed by atoms with Gasteiger partial charge in [-0.05, 0) is 92.0 Å². The Kier molecular flexibility index (Phi) is 10.3. The smallest absolute Gasteiger partial charge is 0.410 e. The maximum absolute atomic E-state index is 14.6. The number of carbonyl (C=O) groups excluding carboxylic acids is 4. The standard InChI is InChI=1S/C38H43ClN4O11S2/c39-26-8-10-28(11-9-26)55(48,49)40-30-7-5-3-1-2-4-6-25-17-38(25,36(46)41-56(50,51)29-12-13-29)18-32(44)31-16-27(21-43(31)35(30)45)54-37(47)42-19-23-14-33-34(53-22-52-33)15-24(23)20-42/h4,6,8-11,14-15,25,27,29-31,40H,1-3,5,7,12-13,16-22H2,(H,41,46)/b6-4-/t25-,27-,30+,31+,38-/m1/s1. The van der Waals surface area contributed by atoms with Crippen LogP contribution in [0, 0.1) is 11.3 Å². The Hall–Kier alpha value is -4.19. The van der Waals surface area contributed by atoms with Crippen LogP contribution in [0.1, 0.15) is 75.3 Å². The first-order valence-corrected chi connectivity index (χ1v) is 22.3. The number of nitrogens with one attached hydrogen (secondary N) is 2. The minimum atomic E-state index is -4.22. The van der Waals surface area contributed by atoms with E-state index in [1.54, 1.807) is 0 Å². The van der Waals surface area contributed by atoms with Crippen LogP contribution in [0.4, 0.5) is 4.79 Å². The quantitative estimate of drug-likeness (QED) is 0.384. The summed E-state index contributed by atoms with van der Waals surface area (Å²) in [6.45, 7) is 0.406. The number of ketones is 1. The molecule has 2 N–H and O–H groups in total. The molecular formula is C38H43ClN4O11S2. The van der Waals surface area contributed by atoms with Gasteiger partial charge in [0, 0.05) is 31.0 Å². The van der Waals surface area contributed by atoms with Crippen LogP contribution in [0.25, 0.3) is 0 Å². The second-order valence-electron chi connectivity index (χ2n) is 15.6. The number of carbonyl (C=O) groups is 4. The van der Waals surface area contributed by atoms with Crippen LogP contribution in [-0.4, -0.2) is 87.1 Å². The molecule has 2 saturated carbocycles. The molecule has 2 aliphatic carbocycles. The number of amides is 3. The van der Waals surface area contributed by atoms with Gasteiger partial charge in [0.05, 0.1) is 28.1 Å². The number of rotatable bonds is 7. The number of nitrogens with zero attached hydrogens (tertiary/aromatic N) is 2. The van der Waals surface area contributed by atoms with Gasteiger partial charge in [0.25, 0.3) is 0 Å². The molecule has 5 atom stereocenters. The van der Waals surface area contributed by atoms with Gasteiger partial charge in [-0.15, -0.1) is 0 Å². The third kappa shape index (κ3) is 7.87. The molecule has 3 fully saturated rings. The van der Waals surface area contributed by atoms with Crippen molar-refractivity contribution >= 4 is 55.3 Å². The van der Waals surface area contributed by atoms with E-state index in [9.17, 15) is 36.0 Å². The normalized spacial score (nSPS) is 28.4. The molecule has 56 heavy (non-hydrogen) atoms. The number of Topliss-reactive ketones (excluding diaryl/α,β-unsaturated/α-hetero) is 1. The molecule has 15 nitrogen and oxygen atoms in total. The molecule has 2 aromatic rings. The molecule has 300 valence electrons. The van der Waals surface area contributed by atoms with Crippen LogP contribution in [0.5, 0.6) is 11.5 Å². The third-order valence-corrected chi connectivity index (χ3v) is 15.1. The number of hydrogen-bond donors (Lipinski definition) is 2. The Morgan fingerprint density at radius 3 is 2.30 bits per heavy atom. The number of benzene rings is 2. The van der Waals surface area contributed by atoms with E-state index in [-0.39, 0.29) is 57.0 Å². The molecule has 2 aromatic carbocycles. The van der Waals surface area contributed by atoms with Crippen molar-refractivity contribution in [3.8, 4) is 11.5 Å². The van der Waals surface area contributed by atoms with Crippen molar-refractivity contribution in [2.75, 3.05) is 13.3 Å². The Morgan fingerprint density at radius 1 is 0.929 bits per heavy atom. The van der Waals surface area contributed by atoms with Crippen molar-refractivity contribution in [1.82, 2.24) is 19.2 Å². The highest BCUT2D eigenvalue weighted by molar-refractivity contribution is 7.91. The van der Waals surface area contributed by atoms with Gasteiger partial charge < -0.3 is 19.1 Å². The molecule has 8 rings (SSSR count). The number of hydrogen-bond acceptors (Lipinski definition) is 11. The molecular weight excluding hydrogens is 788 g/mol. The largest absolute Gasteiger partial charge is 0.454 e. The zero-order valence-electron chi connectivity index (χ0n) is 30.5. The average molecular weight is 831 g/mol. The summed E-state index contributed by atoms with van der Waals surface area (Å²) in [7, 11) is -8.13. The monoisotopic (exact) mass is 830 g/mol. The summed E-state index contributed by atoms with van der Waals surface area (Å²) in [5, 5.41) is -0.313. The molecule has 0 bridgehead atoms. The number of halogens is 1. The van der Waals surface area contributed by atoms with E-state index in [4.69, 9.17) is 25.8 Å². The topological polar surface area (TPSA) is 195 Å². The second kappa shape index (κ2) is 15.0. The molecule has 0 radical (unpaired) electrons. The van der Waals surface area contributed by atoms with E-state index >= 15 is 0 Å². The molecule has 1 saturated heterocycles. The highest BCUT2D eigenvalue weighted by Crippen LogP contribution is 2.57. The number of sulfonamides is 2. The fraction of sp³-hybridized carbons (Fsp3) is 0.526. The van der Waals surface area contributed by atoms with Gasteiger partial charge >= 0.3 is 6.09 Å². The summed E-state index contributed by atoms with van der Waals surface area (Å²) in [5.74, 6) is -1.15. The van der Waals surface area contributed by atoms with E-state index in [0.29, 0.717) is 48.6 Å². The van der Waals surface area contributed by atoms with Gasteiger partial charge in [-0.2, -0.15) is 4.72 Å². The Balaban J connectivity index is 1.06. The molecule has 6 aliphatic rings. The van der Waals surface area contributed by atoms with Crippen molar-refractivity contribution in [1.29, 1.82) is 0 Å². The lowest BCUT2D eigenvalue weighted by molar-refractivity contribution is -0.140. The first kappa shape index (κ1) is 38.7. The molecule has 18 heteroatoms. The maximum Gasteiger partial charge on any atom is 0.410 e. The van der Waals surface area contributed by atoms with E-state index < -0.39 is 78.5 Å². The maximum atomic E-state index is 14.6. The first-order chi connectivity index (χ1) is 26.7. The van der Waals surface area contributed by atoms with Gasteiger partial charge in [0.2, 0.25) is 38.7 Å². The lowest BCUT2D eigenvalue weighted by atomic mass is 9.91. The number of allylic oxidation sites excluding steroid dienone is 2. The van der Waals surface area contributed by atoms with Crippen LogP contribution in [0.2, 0.25) is 5.02 Å². The predicted molar refractivity (Wildman–Crippen MR) is 200 cm³/mol. The van der Waals surface area contributed by atoms with Gasteiger partial charge in [-0.3, -0.25) is 24.0 Å².